The third-order valence-electron chi connectivity index (χ3n) is 4.20. The molecule has 0 spiro atoms. The summed E-state index contributed by atoms with van der Waals surface area (Å²) < 4.78 is 0. The summed E-state index contributed by atoms with van der Waals surface area (Å²) in [5.74, 6) is 0.394. The van der Waals surface area contributed by atoms with Gasteiger partial charge in [0.2, 0.25) is 0 Å². The Kier molecular flexibility index (Phi) is 3.98. The fraction of sp³-hybridized carbons (Fsp3) is 0.533. The Morgan fingerprint density at radius 1 is 1.26 bits per heavy atom. The predicted octanol–water partition coefficient (Wildman–Crippen LogP) is 2.38. The number of carbonyl (C=O) groups is 1. The average molecular weight is 261 g/mol. The van der Waals surface area contributed by atoms with Gasteiger partial charge in [0, 0.05) is 24.5 Å². The Labute approximate surface area is 114 Å². The molecule has 0 heterocycles. The van der Waals surface area contributed by atoms with E-state index in [-0.39, 0.29) is 0 Å². The zero-order chi connectivity index (χ0) is 14.0. The van der Waals surface area contributed by atoms with Gasteiger partial charge in [-0.2, -0.15) is 0 Å². The van der Waals surface area contributed by atoms with Crippen LogP contribution in [-0.2, 0) is 0 Å². The van der Waals surface area contributed by atoms with Gasteiger partial charge in [-0.25, -0.2) is 0 Å². The monoisotopic (exact) mass is 261 g/mol. The number of nitrogen functional groups attached to an aromatic ring is 1. The molecule has 0 radical (unpaired) electrons. The van der Waals surface area contributed by atoms with E-state index < -0.39 is 5.91 Å². The normalized spacial score (nSPS) is 23.1. The van der Waals surface area contributed by atoms with Crippen LogP contribution in [0.5, 0.6) is 0 Å². The smallest absolute Gasteiger partial charge is 0.250 e. The first kappa shape index (κ1) is 13.7. The minimum absolute atomic E-state index is 0.418. The second kappa shape index (κ2) is 5.51. The van der Waals surface area contributed by atoms with E-state index in [4.69, 9.17) is 11.5 Å². The third-order valence-corrected chi connectivity index (χ3v) is 4.20. The van der Waals surface area contributed by atoms with Crippen LogP contribution in [0.3, 0.4) is 0 Å². The molecule has 4 nitrogen and oxygen atoms in total. The molecule has 1 fully saturated rings. The van der Waals surface area contributed by atoms with Crippen LogP contribution in [0.15, 0.2) is 18.2 Å². The van der Waals surface area contributed by atoms with Crippen molar-refractivity contribution in [3.05, 3.63) is 23.8 Å². The number of carbonyl (C=O) groups excluding carboxylic acids is 1. The van der Waals surface area contributed by atoms with Crippen LogP contribution < -0.4 is 16.4 Å². The van der Waals surface area contributed by atoms with Crippen molar-refractivity contribution in [3.63, 3.8) is 0 Å². The fourth-order valence-corrected chi connectivity index (χ4v) is 2.89. The number of benzene rings is 1. The van der Waals surface area contributed by atoms with Crippen LogP contribution in [0.1, 0.15) is 43.0 Å². The molecule has 1 aromatic rings. The van der Waals surface area contributed by atoms with Crippen molar-refractivity contribution in [1.29, 1.82) is 0 Å². The third kappa shape index (κ3) is 3.00. The summed E-state index contributed by atoms with van der Waals surface area (Å²) in [5.41, 5.74) is 13.2. The molecule has 104 valence electrons. The number of amides is 1. The van der Waals surface area contributed by atoms with E-state index >= 15 is 0 Å². The second-order valence-corrected chi connectivity index (χ2v) is 5.67. The SMILES string of the molecule is CC1CCC(N(C)c2ccc(N)cc2C(N)=O)CC1. The summed E-state index contributed by atoms with van der Waals surface area (Å²) in [7, 11) is 2.04. The maximum atomic E-state index is 11.6. The highest BCUT2D eigenvalue weighted by Crippen LogP contribution is 2.31. The van der Waals surface area contributed by atoms with Crippen molar-refractivity contribution in [2.75, 3.05) is 17.7 Å². The number of rotatable bonds is 3. The van der Waals surface area contributed by atoms with Crippen LogP contribution in [0.2, 0.25) is 0 Å². The molecule has 0 aliphatic heterocycles. The molecular formula is C15H23N3O. The Balaban J connectivity index is 2.23. The lowest BCUT2D eigenvalue weighted by Gasteiger charge is -2.35. The standard InChI is InChI=1S/C15H23N3O/c1-10-3-6-12(7-4-10)18(2)14-8-5-11(16)9-13(14)15(17)19/h5,8-10,12H,3-4,6-7,16H2,1-2H3,(H2,17,19). The van der Waals surface area contributed by atoms with E-state index in [0.717, 1.165) is 11.6 Å². The van der Waals surface area contributed by atoms with Crippen LogP contribution >= 0.6 is 0 Å². The van der Waals surface area contributed by atoms with Gasteiger partial charge in [0.05, 0.1) is 5.56 Å². The van der Waals surface area contributed by atoms with Crippen molar-refractivity contribution < 1.29 is 4.79 Å². The van der Waals surface area contributed by atoms with Crippen LogP contribution in [0, 0.1) is 5.92 Å². The van der Waals surface area contributed by atoms with Crippen LogP contribution in [-0.4, -0.2) is 19.0 Å². The van der Waals surface area contributed by atoms with Crippen LogP contribution in [0.4, 0.5) is 11.4 Å². The molecule has 19 heavy (non-hydrogen) atoms. The molecule has 0 atom stereocenters. The van der Waals surface area contributed by atoms with Gasteiger partial charge in [0.1, 0.15) is 0 Å². The number of anilines is 2. The first-order valence-electron chi connectivity index (χ1n) is 6.91. The number of hydrogen-bond acceptors (Lipinski definition) is 3. The highest BCUT2D eigenvalue weighted by atomic mass is 16.1. The number of nitrogens with two attached hydrogens (primary N) is 2. The summed E-state index contributed by atoms with van der Waals surface area (Å²) in [6.45, 7) is 2.30. The molecule has 0 unspecified atom stereocenters. The van der Waals surface area contributed by atoms with E-state index in [1.165, 1.54) is 25.7 Å². The molecule has 1 saturated carbocycles. The Morgan fingerprint density at radius 2 is 1.89 bits per heavy atom. The van der Waals surface area contributed by atoms with Crippen molar-refractivity contribution in [2.45, 2.75) is 38.6 Å². The lowest BCUT2D eigenvalue weighted by Crippen LogP contribution is -2.36. The zero-order valence-corrected chi connectivity index (χ0v) is 11.7. The molecule has 4 N–H and O–H groups in total. The van der Waals surface area contributed by atoms with Crippen molar-refractivity contribution >= 4 is 17.3 Å². The first-order valence-corrected chi connectivity index (χ1v) is 6.91. The quantitative estimate of drug-likeness (QED) is 0.820. The van der Waals surface area contributed by atoms with E-state index in [1.807, 2.05) is 19.2 Å². The Morgan fingerprint density at radius 3 is 2.47 bits per heavy atom. The predicted molar refractivity (Wildman–Crippen MR) is 79.2 cm³/mol. The van der Waals surface area contributed by atoms with Gasteiger partial charge in [-0.3, -0.25) is 4.79 Å². The molecule has 4 heteroatoms. The molecule has 1 aliphatic rings. The molecule has 1 aromatic carbocycles. The van der Waals surface area contributed by atoms with Gasteiger partial charge in [-0.1, -0.05) is 6.92 Å². The summed E-state index contributed by atoms with van der Waals surface area (Å²) in [4.78, 5) is 13.7. The summed E-state index contributed by atoms with van der Waals surface area (Å²) in [6.07, 6.45) is 4.83. The maximum Gasteiger partial charge on any atom is 0.250 e. The molecular weight excluding hydrogens is 238 g/mol. The van der Waals surface area contributed by atoms with Gasteiger partial charge in [-0.15, -0.1) is 0 Å². The minimum Gasteiger partial charge on any atom is -0.399 e. The molecule has 0 bridgehead atoms. The highest BCUT2D eigenvalue weighted by molar-refractivity contribution is 5.99. The van der Waals surface area contributed by atoms with Gasteiger partial charge in [0.25, 0.3) is 5.91 Å². The van der Waals surface area contributed by atoms with Gasteiger partial charge >= 0.3 is 0 Å². The van der Waals surface area contributed by atoms with Crippen molar-refractivity contribution in [1.82, 2.24) is 0 Å². The fourth-order valence-electron chi connectivity index (χ4n) is 2.89. The molecule has 0 aromatic heterocycles. The lowest BCUT2D eigenvalue weighted by molar-refractivity contribution is 0.100. The van der Waals surface area contributed by atoms with Gasteiger partial charge in [-0.05, 0) is 49.8 Å². The maximum absolute atomic E-state index is 11.6. The topological polar surface area (TPSA) is 72.3 Å². The summed E-state index contributed by atoms with van der Waals surface area (Å²) in [6, 6.07) is 5.87. The van der Waals surface area contributed by atoms with E-state index in [0.29, 0.717) is 17.3 Å². The van der Waals surface area contributed by atoms with E-state index in [1.54, 1.807) is 6.07 Å². The number of primary amides is 1. The second-order valence-electron chi connectivity index (χ2n) is 5.67. The molecule has 2 rings (SSSR count). The van der Waals surface area contributed by atoms with Crippen LogP contribution in [0.25, 0.3) is 0 Å². The zero-order valence-electron chi connectivity index (χ0n) is 11.7. The Bertz CT molecular complexity index is 464. The van der Waals surface area contributed by atoms with Crippen molar-refractivity contribution in [2.24, 2.45) is 11.7 Å². The van der Waals surface area contributed by atoms with Crippen molar-refractivity contribution in [3.8, 4) is 0 Å². The minimum atomic E-state index is -0.418. The lowest BCUT2D eigenvalue weighted by atomic mass is 9.86. The van der Waals surface area contributed by atoms with E-state index in [2.05, 4.69) is 11.8 Å². The summed E-state index contributed by atoms with van der Waals surface area (Å²) >= 11 is 0. The van der Waals surface area contributed by atoms with E-state index in [9.17, 15) is 4.79 Å². The molecule has 1 aliphatic carbocycles. The largest absolute Gasteiger partial charge is 0.399 e. The number of nitrogens with zero attached hydrogens (tertiary/aromatic N) is 1. The first-order chi connectivity index (χ1) is 8.99. The van der Waals surface area contributed by atoms with Gasteiger partial charge in [0.15, 0.2) is 0 Å². The Hall–Kier alpha value is -1.71. The highest BCUT2D eigenvalue weighted by Gasteiger charge is 2.24. The summed E-state index contributed by atoms with van der Waals surface area (Å²) in [5, 5.41) is 0. The average Bonchev–Trinajstić information content (AvgIpc) is 2.38. The van der Waals surface area contributed by atoms with Gasteiger partial charge < -0.3 is 16.4 Å². The molecule has 1 amide bonds. The molecule has 0 saturated heterocycles. The number of hydrogen-bond donors (Lipinski definition) is 2.